The van der Waals surface area contributed by atoms with Gasteiger partial charge < -0.3 is 0 Å². The smallest absolute Gasteiger partial charge is 0.162 e. The minimum atomic E-state index is -0.820. The van der Waals surface area contributed by atoms with E-state index in [4.69, 9.17) is 0 Å². The Bertz CT molecular complexity index is 231. The molecule has 0 spiro atoms. The van der Waals surface area contributed by atoms with Crippen LogP contribution in [0.15, 0.2) is 12.1 Å². The van der Waals surface area contributed by atoms with Crippen molar-refractivity contribution in [3.8, 4) is 0 Å². The molecule has 0 aliphatic heterocycles. The molecule has 0 bridgehead atoms. The zero-order valence-electron chi connectivity index (χ0n) is 5.62. The number of hydrogen-bond donors (Lipinski definition) is 0. The topological polar surface area (TPSA) is 0 Å². The second kappa shape index (κ2) is 2.78. The van der Waals surface area contributed by atoms with Crippen LogP contribution in [-0.2, 0) is 6.42 Å². The highest BCUT2D eigenvalue weighted by Crippen LogP contribution is 2.10. The van der Waals surface area contributed by atoms with Gasteiger partial charge in [-0.05, 0) is 30.2 Å². The summed E-state index contributed by atoms with van der Waals surface area (Å²) in [4.78, 5) is 0. The van der Waals surface area contributed by atoms with Crippen molar-refractivity contribution in [3.05, 3.63) is 35.4 Å². The van der Waals surface area contributed by atoms with Crippen molar-refractivity contribution >= 4 is 0 Å². The van der Waals surface area contributed by atoms with Gasteiger partial charge >= 0.3 is 0 Å². The Morgan fingerprint density at radius 2 is 2.10 bits per heavy atom. The van der Waals surface area contributed by atoms with Gasteiger partial charge in [0.05, 0.1) is 0 Å². The molecule has 0 N–H and O–H groups in total. The Morgan fingerprint density at radius 3 is 2.60 bits per heavy atom. The first-order valence-corrected chi connectivity index (χ1v) is 3.09. The maximum Gasteiger partial charge on any atom is 0.162 e. The predicted molar refractivity (Wildman–Crippen MR) is 34.6 cm³/mol. The average molecular weight is 141 g/mol. The molecule has 0 amide bonds. The summed E-state index contributed by atoms with van der Waals surface area (Å²) < 4.78 is 25.0. The van der Waals surface area contributed by atoms with Crippen molar-refractivity contribution in [3.63, 3.8) is 0 Å². The van der Waals surface area contributed by atoms with E-state index in [0.717, 1.165) is 6.07 Å². The lowest BCUT2D eigenvalue weighted by molar-refractivity contribution is 0.499. The van der Waals surface area contributed by atoms with E-state index < -0.39 is 11.6 Å². The van der Waals surface area contributed by atoms with E-state index in [1.54, 1.807) is 6.92 Å². The molecule has 0 atom stereocenters. The first kappa shape index (κ1) is 7.19. The molecular weight excluding hydrogens is 134 g/mol. The fourth-order valence-electron chi connectivity index (χ4n) is 0.753. The number of aryl methyl sites for hydroxylation is 1. The third-order valence-corrected chi connectivity index (χ3v) is 1.34. The molecule has 10 heavy (non-hydrogen) atoms. The van der Waals surface area contributed by atoms with Gasteiger partial charge in [-0.1, -0.05) is 6.92 Å². The zero-order valence-corrected chi connectivity index (χ0v) is 5.62. The van der Waals surface area contributed by atoms with Crippen LogP contribution in [0.5, 0.6) is 0 Å². The van der Waals surface area contributed by atoms with Crippen LogP contribution in [-0.4, -0.2) is 0 Å². The number of rotatable bonds is 1. The molecule has 1 radical (unpaired) electrons. The van der Waals surface area contributed by atoms with Crippen LogP contribution in [0, 0.1) is 17.7 Å². The van der Waals surface area contributed by atoms with Crippen LogP contribution in [0.3, 0.4) is 0 Å². The Morgan fingerprint density at radius 1 is 1.40 bits per heavy atom. The Hall–Kier alpha value is -0.920. The van der Waals surface area contributed by atoms with Gasteiger partial charge in [-0.3, -0.25) is 0 Å². The molecule has 0 nitrogen and oxygen atoms in total. The fraction of sp³-hybridized carbons (Fsp3) is 0.250. The largest absolute Gasteiger partial charge is 0.204 e. The number of halogens is 2. The summed E-state index contributed by atoms with van der Waals surface area (Å²) in [6.45, 7) is 1.77. The summed E-state index contributed by atoms with van der Waals surface area (Å²) in [7, 11) is 0. The highest BCUT2D eigenvalue weighted by molar-refractivity contribution is 5.17. The minimum Gasteiger partial charge on any atom is -0.204 e. The first-order valence-electron chi connectivity index (χ1n) is 3.09. The molecule has 53 valence electrons. The van der Waals surface area contributed by atoms with Crippen LogP contribution < -0.4 is 0 Å². The maximum absolute atomic E-state index is 12.6. The van der Waals surface area contributed by atoms with E-state index in [9.17, 15) is 8.78 Å². The van der Waals surface area contributed by atoms with E-state index in [0.29, 0.717) is 12.0 Å². The van der Waals surface area contributed by atoms with Crippen LogP contribution >= 0.6 is 0 Å². The molecule has 0 saturated heterocycles. The van der Waals surface area contributed by atoms with Gasteiger partial charge in [-0.15, -0.1) is 0 Å². The Labute approximate surface area is 58.5 Å². The van der Waals surface area contributed by atoms with Crippen LogP contribution in [0.2, 0.25) is 0 Å². The van der Waals surface area contributed by atoms with Crippen LogP contribution in [0.1, 0.15) is 12.5 Å². The Kier molecular flexibility index (Phi) is 2.00. The standard InChI is InChI=1S/C8H7F2/c1-2-6-4-3-5-7(9)8(6)10/h4-5H,2H2,1H3. The molecule has 0 saturated carbocycles. The maximum atomic E-state index is 12.6. The second-order valence-corrected chi connectivity index (χ2v) is 2.00. The molecule has 0 fully saturated rings. The second-order valence-electron chi connectivity index (χ2n) is 2.00. The predicted octanol–water partition coefficient (Wildman–Crippen LogP) is 2.33. The zero-order chi connectivity index (χ0) is 7.56. The Balaban J connectivity index is 3.14. The van der Waals surface area contributed by atoms with E-state index >= 15 is 0 Å². The summed E-state index contributed by atoms with van der Waals surface area (Å²) in [5, 5.41) is 0. The van der Waals surface area contributed by atoms with Crippen molar-refractivity contribution in [2.45, 2.75) is 13.3 Å². The van der Waals surface area contributed by atoms with Gasteiger partial charge in [0.2, 0.25) is 0 Å². The molecule has 0 unspecified atom stereocenters. The fourth-order valence-corrected chi connectivity index (χ4v) is 0.753. The minimum absolute atomic E-state index is 0.375. The number of benzene rings is 1. The van der Waals surface area contributed by atoms with Gasteiger partial charge in [-0.25, -0.2) is 8.78 Å². The van der Waals surface area contributed by atoms with Crippen molar-refractivity contribution in [1.82, 2.24) is 0 Å². The highest BCUT2D eigenvalue weighted by atomic mass is 19.2. The SMILES string of the molecule is CCc1c[c]cc(F)c1F. The number of hydrogen-bond acceptors (Lipinski definition) is 0. The first-order chi connectivity index (χ1) is 4.75. The highest BCUT2D eigenvalue weighted by Gasteiger charge is 2.03. The third kappa shape index (κ3) is 1.15. The van der Waals surface area contributed by atoms with Crippen LogP contribution in [0.4, 0.5) is 8.78 Å². The lowest BCUT2D eigenvalue weighted by Gasteiger charge is -1.97. The van der Waals surface area contributed by atoms with Crippen molar-refractivity contribution in [2.24, 2.45) is 0 Å². The van der Waals surface area contributed by atoms with E-state index in [2.05, 4.69) is 6.07 Å². The van der Waals surface area contributed by atoms with E-state index in [1.807, 2.05) is 0 Å². The molecule has 0 aromatic heterocycles. The van der Waals surface area contributed by atoms with Gasteiger partial charge in [0, 0.05) is 0 Å². The lowest BCUT2D eigenvalue weighted by atomic mass is 10.1. The lowest BCUT2D eigenvalue weighted by Crippen LogP contribution is -1.90. The van der Waals surface area contributed by atoms with Crippen molar-refractivity contribution in [2.75, 3.05) is 0 Å². The molecular formula is C8H7F2. The molecule has 1 aromatic rings. The summed E-state index contributed by atoms with van der Waals surface area (Å²) >= 11 is 0. The summed E-state index contributed by atoms with van der Waals surface area (Å²) in [6.07, 6.45) is 0.500. The van der Waals surface area contributed by atoms with Gasteiger partial charge in [-0.2, -0.15) is 0 Å². The summed E-state index contributed by atoms with van der Waals surface area (Å²) in [5.41, 5.74) is 0.375. The molecule has 2 heteroatoms. The average Bonchev–Trinajstić information content (AvgIpc) is 1.95. The summed E-state index contributed by atoms with van der Waals surface area (Å²) in [6, 6.07) is 4.96. The van der Waals surface area contributed by atoms with E-state index in [1.165, 1.54) is 6.07 Å². The monoisotopic (exact) mass is 141 g/mol. The van der Waals surface area contributed by atoms with Crippen LogP contribution in [0.25, 0.3) is 0 Å². The normalized spacial score (nSPS) is 9.90. The molecule has 0 heterocycles. The molecule has 1 rings (SSSR count). The third-order valence-electron chi connectivity index (χ3n) is 1.34. The van der Waals surface area contributed by atoms with Crippen molar-refractivity contribution < 1.29 is 8.78 Å². The van der Waals surface area contributed by atoms with Gasteiger partial charge in [0.15, 0.2) is 11.6 Å². The van der Waals surface area contributed by atoms with Crippen molar-refractivity contribution in [1.29, 1.82) is 0 Å². The quantitative estimate of drug-likeness (QED) is 0.563. The molecule has 0 aliphatic carbocycles. The van der Waals surface area contributed by atoms with Gasteiger partial charge in [0.1, 0.15) is 0 Å². The van der Waals surface area contributed by atoms with E-state index in [-0.39, 0.29) is 0 Å². The van der Waals surface area contributed by atoms with Gasteiger partial charge in [0.25, 0.3) is 0 Å². The molecule has 0 aliphatic rings. The molecule has 1 aromatic carbocycles. The summed E-state index contributed by atoms with van der Waals surface area (Å²) in [5.74, 6) is -1.57.